The molecule has 0 radical (unpaired) electrons. The van der Waals surface area contributed by atoms with E-state index >= 15 is 0 Å². The van der Waals surface area contributed by atoms with Gasteiger partial charge in [0.2, 0.25) is 0 Å². The van der Waals surface area contributed by atoms with Gasteiger partial charge in [0.15, 0.2) is 5.96 Å². The number of para-hydroxylation sites is 1. The molecule has 0 amide bonds. The van der Waals surface area contributed by atoms with Crippen molar-refractivity contribution in [3.63, 3.8) is 0 Å². The van der Waals surface area contributed by atoms with Crippen molar-refractivity contribution in [2.75, 3.05) is 44.8 Å². The molecule has 1 saturated heterocycles. The van der Waals surface area contributed by atoms with Gasteiger partial charge in [-0.25, -0.2) is 0 Å². The number of nitrogens with zero attached hydrogens (tertiary/aromatic N) is 2. The number of guanidine groups is 1. The molecule has 0 spiro atoms. The number of nitrogens with one attached hydrogen (secondary N) is 2. The summed E-state index contributed by atoms with van der Waals surface area (Å²) in [4.78, 5) is 6.82. The summed E-state index contributed by atoms with van der Waals surface area (Å²) in [6.45, 7) is 7.65. The van der Waals surface area contributed by atoms with Crippen molar-refractivity contribution in [3.05, 3.63) is 29.8 Å². The van der Waals surface area contributed by atoms with Crippen LogP contribution in [-0.2, 0) is 11.3 Å². The molecule has 1 aromatic rings. The van der Waals surface area contributed by atoms with Crippen molar-refractivity contribution in [1.82, 2.24) is 10.6 Å². The molecule has 0 atom stereocenters. The molecule has 3 rings (SSSR count). The topological polar surface area (TPSA) is 48.9 Å². The van der Waals surface area contributed by atoms with Crippen LogP contribution in [0.25, 0.3) is 0 Å². The van der Waals surface area contributed by atoms with Crippen molar-refractivity contribution in [2.24, 2.45) is 10.4 Å². The van der Waals surface area contributed by atoms with E-state index in [1.54, 1.807) is 0 Å². The first-order chi connectivity index (χ1) is 12.3. The van der Waals surface area contributed by atoms with Gasteiger partial charge < -0.3 is 20.3 Å². The van der Waals surface area contributed by atoms with Crippen LogP contribution in [0.15, 0.2) is 29.3 Å². The first kappa shape index (κ1) is 21.3. The Bertz CT molecular complexity index is 577. The zero-order valence-electron chi connectivity index (χ0n) is 16.1. The molecule has 1 aliphatic carbocycles. The molecule has 1 heterocycles. The summed E-state index contributed by atoms with van der Waals surface area (Å²) in [6.07, 6.45) is 5.30. The average Bonchev–Trinajstić information content (AvgIpc) is 2.64. The molecule has 2 N–H and O–H groups in total. The summed E-state index contributed by atoms with van der Waals surface area (Å²) in [5.41, 5.74) is 3.10. The fourth-order valence-electron chi connectivity index (χ4n) is 3.78. The van der Waals surface area contributed by atoms with Crippen molar-refractivity contribution < 1.29 is 4.74 Å². The Kier molecular flexibility index (Phi) is 8.47. The normalized spacial score (nSPS) is 19.3. The molecule has 0 unspecified atom stereocenters. The van der Waals surface area contributed by atoms with Crippen LogP contribution in [0.5, 0.6) is 0 Å². The average molecular weight is 472 g/mol. The lowest BCUT2D eigenvalue weighted by molar-refractivity contribution is 0.122. The second-order valence-corrected chi connectivity index (χ2v) is 7.21. The highest BCUT2D eigenvalue weighted by Gasteiger charge is 2.34. The number of benzene rings is 1. The minimum atomic E-state index is 0. The second kappa shape index (κ2) is 10.3. The van der Waals surface area contributed by atoms with Gasteiger partial charge in [0.25, 0.3) is 0 Å². The van der Waals surface area contributed by atoms with E-state index in [1.165, 1.54) is 36.9 Å². The van der Waals surface area contributed by atoms with Gasteiger partial charge in [-0.05, 0) is 36.3 Å². The summed E-state index contributed by atoms with van der Waals surface area (Å²) in [6, 6.07) is 8.63. The molecule has 1 aromatic carbocycles. The van der Waals surface area contributed by atoms with E-state index in [1.807, 2.05) is 7.05 Å². The Labute approximate surface area is 175 Å². The quantitative estimate of drug-likeness (QED) is 0.379. The predicted molar refractivity (Wildman–Crippen MR) is 120 cm³/mol. The molecule has 26 heavy (non-hydrogen) atoms. The minimum Gasteiger partial charge on any atom is -0.378 e. The second-order valence-electron chi connectivity index (χ2n) is 7.21. The lowest BCUT2D eigenvalue weighted by atomic mass is 9.67. The van der Waals surface area contributed by atoms with E-state index in [9.17, 15) is 0 Å². The SMILES string of the molecule is CCC1(CNC(=NC)NCc2ccccc2N2CCOCC2)CCC1.I. The van der Waals surface area contributed by atoms with Crippen LogP contribution in [0.4, 0.5) is 5.69 Å². The highest BCUT2D eigenvalue weighted by atomic mass is 127. The Morgan fingerprint density at radius 2 is 1.92 bits per heavy atom. The number of hydrogen-bond donors (Lipinski definition) is 2. The number of aliphatic imine (C=N–C) groups is 1. The highest BCUT2D eigenvalue weighted by Crippen LogP contribution is 2.42. The third-order valence-corrected chi connectivity index (χ3v) is 5.81. The van der Waals surface area contributed by atoms with E-state index < -0.39 is 0 Å². The van der Waals surface area contributed by atoms with E-state index in [4.69, 9.17) is 4.74 Å². The van der Waals surface area contributed by atoms with Crippen molar-refractivity contribution in [1.29, 1.82) is 0 Å². The summed E-state index contributed by atoms with van der Waals surface area (Å²) < 4.78 is 5.48. The Morgan fingerprint density at radius 1 is 1.19 bits per heavy atom. The first-order valence-electron chi connectivity index (χ1n) is 9.61. The molecular weight excluding hydrogens is 439 g/mol. The number of rotatable bonds is 6. The van der Waals surface area contributed by atoms with Gasteiger partial charge >= 0.3 is 0 Å². The molecule has 1 aliphatic heterocycles. The third-order valence-electron chi connectivity index (χ3n) is 5.81. The number of morpholine rings is 1. The molecule has 2 aliphatic rings. The molecule has 1 saturated carbocycles. The zero-order chi connectivity index (χ0) is 17.5. The molecule has 0 bridgehead atoms. The van der Waals surface area contributed by atoms with E-state index in [0.717, 1.165) is 45.4 Å². The summed E-state index contributed by atoms with van der Waals surface area (Å²) >= 11 is 0. The molecule has 6 heteroatoms. The van der Waals surface area contributed by atoms with Gasteiger partial charge in [-0.1, -0.05) is 31.5 Å². The van der Waals surface area contributed by atoms with Crippen molar-refractivity contribution in [3.8, 4) is 0 Å². The van der Waals surface area contributed by atoms with Crippen molar-refractivity contribution >= 4 is 35.6 Å². The van der Waals surface area contributed by atoms with Gasteiger partial charge in [0.1, 0.15) is 0 Å². The lowest BCUT2D eigenvalue weighted by Crippen LogP contribution is -2.46. The van der Waals surface area contributed by atoms with Gasteiger partial charge in [0, 0.05) is 38.9 Å². The monoisotopic (exact) mass is 472 g/mol. The largest absolute Gasteiger partial charge is 0.378 e. The van der Waals surface area contributed by atoms with Crippen LogP contribution < -0.4 is 15.5 Å². The van der Waals surface area contributed by atoms with Crippen LogP contribution in [0.2, 0.25) is 0 Å². The number of halogens is 1. The molecule has 2 fully saturated rings. The third kappa shape index (κ3) is 5.25. The van der Waals surface area contributed by atoms with E-state index in [0.29, 0.717) is 5.41 Å². The standard InChI is InChI=1S/C20H32N4O.HI/c1-3-20(9-6-10-20)16-23-19(21-2)22-15-17-7-4-5-8-18(17)24-11-13-25-14-12-24;/h4-5,7-8H,3,6,9-16H2,1-2H3,(H2,21,22,23);1H. The minimum absolute atomic E-state index is 0. The van der Waals surface area contributed by atoms with Gasteiger partial charge in [0.05, 0.1) is 13.2 Å². The summed E-state index contributed by atoms with van der Waals surface area (Å²) in [5, 5.41) is 7.03. The van der Waals surface area contributed by atoms with E-state index in [2.05, 4.69) is 51.7 Å². The van der Waals surface area contributed by atoms with Gasteiger partial charge in [-0.2, -0.15) is 0 Å². The van der Waals surface area contributed by atoms with Gasteiger partial charge in [-0.15, -0.1) is 24.0 Å². The van der Waals surface area contributed by atoms with Crippen molar-refractivity contribution in [2.45, 2.75) is 39.2 Å². The van der Waals surface area contributed by atoms with E-state index in [-0.39, 0.29) is 24.0 Å². The fourth-order valence-corrected chi connectivity index (χ4v) is 3.78. The first-order valence-corrected chi connectivity index (χ1v) is 9.61. The summed E-state index contributed by atoms with van der Waals surface area (Å²) in [5.74, 6) is 0.900. The van der Waals surface area contributed by atoms with Crippen LogP contribution in [0.3, 0.4) is 0 Å². The molecule has 5 nitrogen and oxygen atoms in total. The Balaban J connectivity index is 0.00000243. The van der Waals surface area contributed by atoms with Crippen LogP contribution in [0, 0.1) is 5.41 Å². The smallest absolute Gasteiger partial charge is 0.191 e. The maximum absolute atomic E-state index is 5.48. The number of ether oxygens (including phenoxy) is 1. The van der Waals surface area contributed by atoms with Crippen LogP contribution in [0.1, 0.15) is 38.2 Å². The number of anilines is 1. The molecular formula is C20H33IN4O. The summed E-state index contributed by atoms with van der Waals surface area (Å²) in [7, 11) is 1.85. The van der Waals surface area contributed by atoms with Crippen LogP contribution >= 0.6 is 24.0 Å². The maximum atomic E-state index is 5.48. The Morgan fingerprint density at radius 3 is 2.54 bits per heavy atom. The van der Waals surface area contributed by atoms with Crippen LogP contribution in [-0.4, -0.2) is 45.9 Å². The maximum Gasteiger partial charge on any atom is 0.191 e. The highest BCUT2D eigenvalue weighted by molar-refractivity contribution is 14.0. The molecule has 146 valence electrons. The zero-order valence-corrected chi connectivity index (χ0v) is 18.4. The Hall–Kier alpha value is -1.02. The fraction of sp³-hybridized carbons (Fsp3) is 0.650. The predicted octanol–water partition coefficient (Wildman–Crippen LogP) is 3.39. The molecule has 0 aromatic heterocycles. The lowest BCUT2D eigenvalue weighted by Gasteiger charge is -2.41. The number of hydrogen-bond acceptors (Lipinski definition) is 3. The van der Waals surface area contributed by atoms with Gasteiger partial charge in [-0.3, -0.25) is 4.99 Å².